The lowest BCUT2D eigenvalue weighted by Gasteiger charge is -2.40. The smallest absolute Gasteiger partial charge is 0.263 e. The zero-order chi connectivity index (χ0) is 19.1. The Morgan fingerprint density at radius 3 is 2.57 bits per heavy atom. The summed E-state index contributed by atoms with van der Waals surface area (Å²) in [5.41, 5.74) is 0.878. The van der Waals surface area contributed by atoms with Gasteiger partial charge in [-0.25, -0.2) is 4.98 Å². The van der Waals surface area contributed by atoms with Gasteiger partial charge in [0, 0.05) is 34.6 Å². The quantitative estimate of drug-likeness (QED) is 0.542. The second-order valence-electron chi connectivity index (χ2n) is 7.89. The normalized spacial score (nSPS) is 19.5. The molecule has 6 heteroatoms. The van der Waals surface area contributed by atoms with Gasteiger partial charge in [0.25, 0.3) is 5.91 Å². The number of para-hydroxylation sites is 1. The van der Waals surface area contributed by atoms with Crippen molar-refractivity contribution in [3.63, 3.8) is 0 Å². The summed E-state index contributed by atoms with van der Waals surface area (Å²) in [6.07, 6.45) is 6.18. The van der Waals surface area contributed by atoms with Crippen LogP contribution in [0.5, 0.6) is 0 Å². The van der Waals surface area contributed by atoms with E-state index in [2.05, 4.69) is 16.0 Å². The molecule has 2 aliphatic heterocycles. The standard InChI is InChI=1S/C22H24ClN3OS/c23-21-17-14-19(28-20(17)16-6-2-3-7-18(16)24-21)22(27)26-12-8-15(9-13-26)25-10-4-1-5-11-25/h2-3,6-7,14-15H,1,4-5,8-13H2. The number of aromatic nitrogens is 1. The van der Waals surface area contributed by atoms with Crippen LogP contribution < -0.4 is 0 Å². The first-order valence-corrected chi connectivity index (χ1v) is 11.4. The van der Waals surface area contributed by atoms with Gasteiger partial charge in [-0.1, -0.05) is 36.2 Å². The Morgan fingerprint density at radius 2 is 1.79 bits per heavy atom. The van der Waals surface area contributed by atoms with Crippen molar-refractivity contribution >= 4 is 49.8 Å². The van der Waals surface area contributed by atoms with Crippen molar-refractivity contribution in [2.45, 2.75) is 38.1 Å². The maximum Gasteiger partial charge on any atom is 0.263 e. The van der Waals surface area contributed by atoms with E-state index in [-0.39, 0.29) is 5.91 Å². The highest BCUT2D eigenvalue weighted by atomic mass is 35.5. The molecule has 1 amide bonds. The Balaban J connectivity index is 1.36. The van der Waals surface area contributed by atoms with Crippen LogP contribution in [0.15, 0.2) is 30.3 Å². The molecule has 0 spiro atoms. The lowest BCUT2D eigenvalue weighted by Crippen LogP contribution is -2.48. The topological polar surface area (TPSA) is 36.4 Å². The van der Waals surface area contributed by atoms with Gasteiger partial charge in [-0.05, 0) is 50.9 Å². The molecule has 2 aliphatic rings. The molecule has 0 bridgehead atoms. The van der Waals surface area contributed by atoms with Crippen molar-refractivity contribution in [2.24, 2.45) is 0 Å². The molecule has 0 aliphatic carbocycles. The van der Waals surface area contributed by atoms with Crippen LogP contribution in [0.3, 0.4) is 0 Å². The van der Waals surface area contributed by atoms with Gasteiger partial charge in [-0.15, -0.1) is 11.3 Å². The number of hydrogen-bond donors (Lipinski definition) is 0. The van der Waals surface area contributed by atoms with E-state index in [4.69, 9.17) is 11.6 Å². The number of nitrogens with zero attached hydrogens (tertiary/aromatic N) is 3. The van der Waals surface area contributed by atoms with Crippen LogP contribution in [-0.4, -0.2) is 52.9 Å². The van der Waals surface area contributed by atoms with Crippen molar-refractivity contribution in [3.05, 3.63) is 40.4 Å². The molecule has 0 saturated carbocycles. The fourth-order valence-electron chi connectivity index (χ4n) is 4.65. The maximum absolute atomic E-state index is 13.2. The number of likely N-dealkylation sites (tertiary alicyclic amines) is 2. The third-order valence-corrected chi connectivity index (χ3v) is 7.64. The minimum absolute atomic E-state index is 0.137. The summed E-state index contributed by atoms with van der Waals surface area (Å²) in [5.74, 6) is 0.137. The molecule has 4 nitrogen and oxygen atoms in total. The van der Waals surface area contributed by atoms with Crippen molar-refractivity contribution < 1.29 is 4.79 Å². The lowest BCUT2D eigenvalue weighted by atomic mass is 10.00. The SMILES string of the molecule is O=C(c1cc2c(Cl)nc3ccccc3c2s1)N1CCC(N2CCCCC2)CC1. The molecule has 3 aromatic rings. The summed E-state index contributed by atoms with van der Waals surface area (Å²) in [6.45, 7) is 4.16. The molecular weight excluding hydrogens is 390 g/mol. The first-order valence-electron chi connectivity index (χ1n) is 10.2. The number of carbonyl (C=O) groups excluding carboxylic acids is 1. The highest BCUT2D eigenvalue weighted by molar-refractivity contribution is 7.21. The van der Waals surface area contributed by atoms with Crippen LogP contribution >= 0.6 is 22.9 Å². The van der Waals surface area contributed by atoms with Crippen molar-refractivity contribution in [3.8, 4) is 0 Å². The zero-order valence-corrected chi connectivity index (χ0v) is 17.4. The molecule has 2 fully saturated rings. The van der Waals surface area contributed by atoms with E-state index in [0.717, 1.165) is 51.8 Å². The summed E-state index contributed by atoms with van der Waals surface area (Å²) in [6, 6.07) is 10.6. The highest BCUT2D eigenvalue weighted by Gasteiger charge is 2.29. The molecule has 2 saturated heterocycles. The van der Waals surface area contributed by atoms with Crippen LogP contribution in [0.25, 0.3) is 21.0 Å². The molecule has 0 unspecified atom stereocenters. The molecule has 1 aromatic carbocycles. The summed E-state index contributed by atoms with van der Waals surface area (Å²) in [5, 5.41) is 2.43. The summed E-state index contributed by atoms with van der Waals surface area (Å²) in [7, 11) is 0. The molecule has 146 valence electrons. The molecular formula is C22H24ClN3OS. The van der Waals surface area contributed by atoms with Crippen LogP contribution in [0.4, 0.5) is 0 Å². The van der Waals surface area contributed by atoms with Gasteiger partial charge in [-0.3, -0.25) is 4.79 Å². The van der Waals surface area contributed by atoms with E-state index in [1.807, 2.05) is 29.2 Å². The minimum Gasteiger partial charge on any atom is -0.338 e. The van der Waals surface area contributed by atoms with Gasteiger partial charge in [-0.2, -0.15) is 0 Å². The fourth-order valence-corrected chi connectivity index (χ4v) is 6.11. The van der Waals surface area contributed by atoms with E-state index >= 15 is 0 Å². The lowest BCUT2D eigenvalue weighted by molar-refractivity contribution is 0.0594. The largest absolute Gasteiger partial charge is 0.338 e. The van der Waals surface area contributed by atoms with Crippen molar-refractivity contribution in [1.82, 2.24) is 14.8 Å². The third kappa shape index (κ3) is 3.30. The predicted octanol–water partition coefficient (Wildman–Crippen LogP) is 5.19. The fraction of sp³-hybridized carbons (Fsp3) is 0.455. The van der Waals surface area contributed by atoms with Gasteiger partial charge in [0.1, 0.15) is 5.15 Å². The van der Waals surface area contributed by atoms with E-state index in [1.54, 1.807) is 11.3 Å². The first kappa shape index (κ1) is 18.3. The Hall–Kier alpha value is -1.69. The van der Waals surface area contributed by atoms with Crippen LogP contribution in [0.1, 0.15) is 41.8 Å². The molecule has 0 N–H and O–H groups in total. The summed E-state index contributed by atoms with van der Waals surface area (Å²) < 4.78 is 1.06. The number of fused-ring (bicyclic) bond motifs is 3. The first-order chi connectivity index (χ1) is 13.7. The summed E-state index contributed by atoms with van der Waals surface area (Å²) in [4.78, 5) is 23.1. The molecule has 0 radical (unpaired) electrons. The van der Waals surface area contributed by atoms with E-state index in [1.165, 1.54) is 32.4 Å². The molecule has 0 atom stereocenters. The highest BCUT2D eigenvalue weighted by Crippen LogP contribution is 2.36. The summed E-state index contributed by atoms with van der Waals surface area (Å²) >= 11 is 7.96. The number of pyridine rings is 1. The second kappa shape index (κ2) is 7.62. The number of thiophene rings is 1. The average molecular weight is 414 g/mol. The van der Waals surface area contributed by atoms with E-state index < -0.39 is 0 Å². The number of rotatable bonds is 2. The number of hydrogen-bond acceptors (Lipinski definition) is 4. The van der Waals surface area contributed by atoms with E-state index in [9.17, 15) is 4.79 Å². The number of carbonyl (C=O) groups is 1. The third-order valence-electron chi connectivity index (χ3n) is 6.19. The molecule has 4 heterocycles. The van der Waals surface area contributed by atoms with Crippen LogP contribution in [0.2, 0.25) is 5.15 Å². The average Bonchev–Trinajstić information content (AvgIpc) is 3.21. The van der Waals surface area contributed by atoms with Gasteiger partial charge < -0.3 is 9.80 Å². The van der Waals surface area contributed by atoms with Gasteiger partial charge in [0.05, 0.1) is 10.4 Å². The van der Waals surface area contributed by atoms with E-state index in [0.29, 0.717) is 11.2 Å². The maximum atomic E-state index is 13.2. The van der Waals surface area contributed by atoms with Crippen LogP contribution in [0, 0.1) is 0 Å². The Bertz CT molecular complexity index is 1020. The number of benzene rings is 1. The Morgan fingerprint density at radius 1 is 1.04 bits per heavy atom. The van der Waals surface area contributed by atoms with Gasteiger partial charge in [0.15, 0.2) is 0 Å². The molecule has 28 heavy (non-hydrogen) atoms. The molecule has 5 rings (SSSR count). The Labute approximate surface area is 174 Å². The monoisotopic (exact) mass is 413 g/mol. The number of piperidine rings is 2. The predicted molar refractivity (Wildman–Crippen MR) is 116 cm³/mol. The van der Waals surface area contributed by atoms with Crippen molar-refractivity contribution in [2.75, 3.05) is 26.2 Å². The van der Waals surface area contributed by atoms with Gasteiger partial charge in [0.2, 0.25) is 0 Å². The molecule has 2 aromatic heterocycles. The van der Waals surface area contributed by atoms with Crippen molar-refractivity contribution in [1.29, 1.82) is 0 Å². The number of halogens is 1. The van der Waals surface area contributed by atoms with Gasteiger partial charge >= 0.3 is 0 Å². The second-order valence-corrected chi connectivity index (χ2v) is 9.30. The number of amides is 1. The zero-order valence-electron chi connectivity index (χ0n) is 15.9. The minimum atomic E-state index is 0.137. The van der Waals surface area contributed by atoms with Crippen LogP contribution in [-0.2, 0) is 0 Å². The Kier molecular flexibility index (Phi) is 4.99.